The molecule has 0 aliphatic rings. The van der Waals surface area contributed by atoms with Crippen molar-refractivity contribution < 1.29 is 18.7 Å². The van der Waals surface area contributed by atoms with Gasteiger partial charge in [-0.1, -0.05) is 6.07 Å². The number of methoxy groups -OCH3 is 1. The standard InChI is InChI=1S/C13H19FN2O3.ClH/c1-18-8-7-15-5-6-16-13(17)10-19-12-4-2-3-11(14)9-12;/h2-4,9,15H,5-8,10H2,1H3,(H,16,17);1H. The Morgan fingerprint density at radius 2 is 2.10 bits per heavy atom. The summed E-state index contributed by atoms with van der Waals surface area (Å²) in [5.74, 6) is -0.286. The van der Waals surface area contributed by atoms with Gasteiger partial charge in [-0.05, 0) is 12.1 Å². The topological polar surface area (TPSA) is 59.6 Å². The number of hydrogen-bond acceptors (Lipinski definition) is 4. The highest BCUT2D eigenvalue weighted by molar-refractivity contribution is 5.85. The second-order valence-electron chi connectivity index (χ2n) is 3.84. The summed E-state index contributed by atoms with van der Waals surface area (Å²) in [6, 6.07) is 5.68. The monoisotopic (exact) mass is 306 g/mol. The molecule has 1 aromatic carbocycles. The summed E-state index contributed by atoms with van der Waals surface area (Å²) in [5, 5.41) is 5.78. The molecule has 0 fully saturated rings. The molecular formula is C13H20ClFN2O3. The average molecular weight is 307 g/mol. The van der Waals surface area contributed by atoms with Crippen LogP contribution < -0.4 is 15.4 Å². The molecule has 0 atom stereocenters. The number of ether oxygens (including phenoxy) is 2. The number of rotatable bonds is 9. The molecule has 2 N–H and O–H groups in total. The maximum Gasteiger partial charge on any atom is 0.257 e. The molecule has 0 aliphatic carbocycles. The molecule has 0 heterocycles. The zero-order valence-electron chi connectivity index (χ0n) is 11.4. The fourth-order valence-electron chi connectivity index (χ4n) is 1.35. The number of amides is 1. The zero-order chi connectivity index (χ0) is 13.9. The Labute approximate surface area is 124 Å². The summed E-state index contributed by atoms with van der Waals surface area (Å²) in [6.45, 7) is 2.43. The van der Waals surface area contributed by atoms with Gasteiger partial charge in [-0.15, -0.1) is 12.4 Å². The van der Waals surface area contributed by atoms with Crippen molar-refractivity contribution in [2.45, 2.75) is 0 Å². The lowest BCUT2D eigenvalue weighted by Gasteiger charge is -2.08. The highest BCUT2D eigenvalue weighted by atomic mass is 35.5. The van der Waals surface area contributed by atoms with Crippen molar-refractivity contribution in [3.05, 3.63) is 30.1 Å². The Balaban J connectivity index is 0.00000361. The molecule has 0 saturated carbocycles. The number of carbonyl (C=O) groups excluding carboxylic acids is 1. The second kappa shape index (κ2) is 11.5. The highest BCUT2D eigenvalue weighted by Crippen LogP contribution is 2.11. The first-order valence-corrected chi connectivity index (χ1v) is 6.07. The third-order valence-corrected chi connectivity index (χ3v) is 2.27. The van der Waals surface area contributed by atoms with E-state index in [1.54, 1.807) is 13.2 Å². The number of nitrogens with one attached hydrogen (secondary N) is 2. The molecule has 1 aromatic rings. The molecule has 1 rings (SSSR count). The maximum atomic E-state index is 12.8. The minimum absolute atomic E-state index is 0. The van der Waals surface area contributed by atoms with Crippen LogP contribution >= 0.6 is 12.4 Å². The molecule has 0 radical (unpaired) electrons. The third kappa shape index (κ3) is 8.68. The molecule has 5 nitrogen and oxygen atoms in total. The summed E-state index contributed by atoms with van der Waals surface area (Å²) in [5.41, 5.74) is 0. The second-order valence-corrected chi connectivity index (χ2v) is 3.84. The summed E-state index contributed by atoms with van der Waals surface area (Å²) >= 11 is 0. The van der Waals surface area contributed by atoms with Crippen molar-refractivity contribution in [2.24, 2.45) is 0 Å². The Morgan fingerprint density at radius 3 is 2.80 bits per heavy atom. The van der Waals surface area contributed by atoms with E-state index < -0.39 is 0 Å². The molecule has 20 heavy (non-hydrogen) atoms. The molecule has 0 unspecified atom stereocenters. The molecule has 0 aliphatic heterocycles. The van der Waals surface area contributed by atoms with E-state index in [1.807, 2.05) is 0 Å². The zero-order valence-corrected chi connectivity index (χ0v) is 12.2. The van der Waals surface area contributed by atoms with Crippen molar-refractivity contribution in [3.63, 3.8) is 0 Å². The molecule has 1 amide bonds. The Kier molecular flexibility index (Phi) is 10.7. The number of benzene rings is 1. The number of carbonyl (C=O) groups is 1. The van der Waals surface area contributed by atoms with Gasteiger partial charge in [0.15, 0.2) is 6.61 Å². The fourth-order valence-corrected chi connectivity index (χ4v) is 1.35. The van der Waals surface area contributed by atoms with Crippen LogP contribution in [0.25, 0.3) is 0 Å². The lowest BCUT2D eigenvalue weighted by Crippen LogP contribution is -2.35. The lowest BCUT2D eigenvalue weighted by molar-refractivity contribution is -0.123. The van der Waals surface area contributed by atoms with Gasteiger partial charge in [0, 0.05) is 32.8 Å². The average Bonchev–Trinajstić information content (AvgIpc) is 2.40. The predicted molar refractivity (Wildman–Crippen MR) is 76.9 cm³/mol. The molecule has 114 valence electrons. The van der Waals surface area contributed by atoms with Crippen LogP contribution in [0.3, 0.4) is 0 Å². The fraction of sp³-hybridized carbons (Fsp3) is 0.462. The van der Waals surface area contributed by atoms with Gasteiger partial charge in [0.05, 0.1) is 6.61 Å². The van der Waals surface area contributed by atoms with E-state index in [0.29, 0.717) is 25.4 Å². The summed E-state index contributed by atoms with van der Waals surface area (Å²) in [6.07, 6.45) is 0. The highest BCUT2D eigenvalue weighted by Gasteiger charge is 2.02. The largest absolute Gasteiger partial charge is 0.484 e. The minimum atomic E-state index is -0.389. The van der Waals surface area contributed by atoms with E-state index >= 15 is 0 Å². The number of halogens is 2. The van der Waals surface area contributed by atoms with Crippen molar-refractivity contribution in [1.29, 1.82) is 0 Å². The first-order chi connectivity index (χ1) is 9.22. The molecule has 0 aromatic heterocycles. The van der Waals surface area contributed by atoms with E-state index in [-0.39, 0.29) is 30.7 Å². The van der Waals surface area contributed by atoms with Gasteiger partial charge >= 0.3 is 0 Å². The maximum absolute atomic E-state index is 12.8. The van der Waals surface area contributed by atoms with Crippen LogP contribution in [-0.4, -0.2) is 45.9 Å². The summed E-state index contributed by atoms with van der Waals surface area (Å²) < 4.78 is 22.9. The van der Waals surface area contributed by atoms with Crippen LogP contribution in [0.15, 0.2) is 24.3 Å². The molecule has 0 bridgehead atoms. The summed E-state index contributed by atoms with van der Waals surface area (Å²) in [7, 11) is 1.63. The molecule has 0 saturated heterocycles. The van der Waals surface area contributed by atoms with Gasteiger partial charge in [0.1, 0.15) is 11.6 Å². The third-order valence-electron chi connectivity index (χ3n) is 2.27. The van der Waals surface area contributed by atoms with E-state index in [1.165, 1.54) is 18.2 Å². The van der Waals surface area contributed by atoms with Crippen molar-refractivity contribution >= 4 is 18.3 Å². The molecule has 7 heteroatoms. The first-order valence-electron chi connectivity index (χ1n) is 6.07. The van der Waals surface area contributed by atoms with Gasteiger partial charge in [-0.25, -0.2) is 4.39 Å². The van der Waals surface area contributed by atoms with Crippen molar-refractivity contribution in [1.82, 2.24) is 10.6 Å². The van der Waals surface area contributed by atoms with Gasteiger partial charge < -0.3 is 20.1 Å². The smallest absolute Gasteiger partial charge is 0.257 e. The van der Waals surface area contributed by atoms with E-state index in [9.17, 15) is 9.18 Å². The lowest BCUT2D eigenvalue weighted by atomic mass is 10.3. The Hall–Kier alpha value is -1.37. The van der Waals surface area contributed by atoms with E-state index in [0.717, 1.165) is 6.54 Å². The van der Waals surface area contributed by atoms with Crippen molar-refractivity contribution in [2.75, 3.05) is 40.0 Å². The SMILES string of the molecule is COCCNCCNC(=O)COc1cccc(F)c1.Cl. The van der Waals surface area contributed by atoms with Crippen LogP contribution in [0.5, 0.6) is 5.75 Å². The van der Waals surface area contributed by atoms with E-state index in [4.69, 9.17) is 9.47 Å². The van der Waals surface area contributed by atoms with Crippen molar-refractivity contribution in [3.8, 4) is 5.75 Å². The van der Waals surface area contributed by atoms with Crippen LogP contribution in [0.1, 0.15) is 0 Å². The van der Waals surface area contributed by atoms with Gasteiger partial charge in [0.25, 0.3) is 5.91 Å². The predicted octanol–water partition coefficient (Wildman–Crippen LogP) is 0.978. The summed E-state index contributed by atoms with van der Waals surface area (Å²) in [4.78, 5) is 11.4. The Bertz CT molecular complexity index is 394. The van der Waals surface area contributed by atoms with Crippen LogP contribution in [0, 0.1) is 5.82 Å². The van der Waals surface area contributed by atoms with E-state index in [2.05, 4.69) is 10.6 Å². The number of hydrogen-bond donors (Lipinski definition) is 2. The quantitative estimate of drug-likeness (QED) is 0.668. The van der Waals surface area contributed by atoms with Gasteiger partial charge in [-0.3, -0.25) is 4.79 Å². The molecule has 0 spiro atoms. The van der Waals surface area contributed by atoms with Crippen LogP contribution in [0.4, 0.5) is 4.39 Å². The normalized spacial score (nSPS) is 9.70. The first kappa shape index (κ1) is 18.6. The Morgan fingerprint density at radius 1 is 1.30 bits per heavy atom. The van der Waals surface area contributed by atoms with Crippen LogP contribution in [0.2, 0.25) is 0 Å². The minimum Gasteiger partial charge on any atom is -0.484 e. The van der Waals surface area contributed by atoms with Crippen LogP contribution in [-0.2, 0) is 9.53 Å². The van der Waals surface area contributed by atoms with Gasteiger partial charge in [0.2, 0.25) is 0 Å². The van der Waals surface area contributed by atoms with Gasteiger partial charge in [-0.2, -0.15) is 0 Å². The molecular weight excluding hydrogens is 287 g/mol.